The van der Waals surface area contributed by atoms with Crippen molar-refractivity contribution in [2.24, 2.45) is 0 Å². The molecule has 0 aliphatic carbocycles. The van der Waals surface area contributed by atoms with E-state index in [0.29, 0.717) is 6.54 Å². The first-order chi connectivity index (χ1) is 8.68. The summed E-state index contributed by atoms with van der Waals surface area (Å²) in [4.78, 5) is 14.0. The van der Waals surface area contributed by atoms with E-state index in [1.807, 2.05) is 0 Å². The monoisotopic (exact) mass is 247 g/mol. The predicted molar refractivity (Wildman–Crippen MR) is 64.6 cm³/mol. The van der Waals surface area contributed by atoms with Crippen molar-refractivity contribution in [2.45, 2.75) is 6.54 Å². The van der Waals surface area contributed by atoms with E-state index in [2.05, 4.69) is 10.3 Å². The minimum atomic E-state index is -0.641. The fourth-order valence-corrected chi connectivity index (χ4v) is 1.53. The maximum absolute atomic E-state index is 13.5. The second-order valence-corrected chi connectivity index (χ2v) is 3.60. The normalized spacial score (nSPS) is 10.1. The highest BCUT2D eigenvalue weighted by atomic mass is 19.1. The van der Waals surface area contributed by atoms with Crippen LogP contribution in [0, 0.1) is 15.9 Å². The zero-order chi connectivity index (χ0) is 13.0. The van der Waals surface area contributed by atoms with Gasteiger partial charge >= 0.3 is 0 Å². The molecule has 0 aliphatic rings. The number of aromatic nitrogens is 1. The molecule has 0 spiro atoms. The number of hydrogen-bond donors (Lipinski definition) is 1. The Morgan fingerprint density at radius 1 is 1.28 bits per heavy atom. The molecule has 1 aromatic heterocycles. The second-order valence-electron chi connectivity index (χ2n) is 3.60. The van der Waals surface area contributed by atoms with Gasteiger partial charge in [-0.2, -0.15) is 0 Å². The van der Waals surface area contributed by atoms with Gasteiger partial charge in [-0.1, -0.05) is 6.07 Å². The van der Waals surface area contributed by atoms with Crippen LogP contribution in [-0.4, -0.2) is 9.91 Å². The molecule has 1 N–H and O–H groups in total. The molecule has 2 aromatic rings. The third kappa shape index (κ3) is 2.60. The zero-order valence-corrected chi connectivity index (χ0v) is 9.34. The van der Waals surface area contributed by atoms with Gasteiger partial charge in [0.2, 0.25) is 0 Å². The molecule has 0 unspecified atom stereocenters. The Morgan fingerprint density at radius 3 is 2.67 bits per heavy atom. The largest absolute Gasteiger partial charge is 0.373 e. The summed E-state index contributed by atoms with van der Waals surface area (Å²) in [5.74, 6) is -0.641. The van der Waals surface area contributed by atoms with Crippen LogP contribution in [0.25, 0.3) is 0 Å². The zero-order valence-electron chi connectivity index (χ0n) is 9.34. The summed E-state index contributed by atoms with van der Waals surface area (Å²) < 4.78 is 13.5. The Kier molecular flexibility index (Phi) is 3.47. The number of benzene rings is 1. The van der Waals surface area contributed by atoms with E-state index < -0.39 is 10.7 Å². The highest BCUT2D eigenvalue weighted by molar-refractivity contribution is 5.62. The molecule has 0 amide bonds. The van der Waals surface area contributed by atoms with Crippen molar-refractivity contribution in [1.29, 1.82) is 0 Å². The van der Waals surface area contributed by atoms with E-state index in [1.165, 1.54) is 18.2 Å². The smallest absolute Gasteiger partial charge is 0.295 e. The fraction of sp³-hybridized carbons (Fsp3) is 0.0833. The van der Waals surface area contributed by atoms with Crippen molar-refractivity contribution in [2.75, 3.05) is 5.32 Å². The SMILES string of the molecule is O=[N+]([O-])c1cccc(F)c1NCc1ccncc1. The van der Waals surface area contributed by atoms with Crippen LogP contribution in [0.2, 0.25) is 0 Å². The summed E-state index contributed by atoms with van der Waals surface area (Å²) in [6, 6.07) is 7.25. The van der Waals surface area contributed by atoms with Crippen LogP contribution in [0.1, 0.15) is 5.56 Å². The van der Waals surface area contributed by atoms with Gasteiger partial charge in [0.25, 0.3) is 5.69 Å². The Bertz CT molecular complexity index is 561. The topological polar surface area (TPSA) is 68.1 Å². The van der Waals surface area contributed by atoms with E-state index in [9.17, 15) is 14.5 Å². The molecule has 1 heterocycles. The number of nitrogens with zero attached hydrogens (tertiary/aromatic N) is 2. The minimum absolute atomic E-state index is 0.0979. The lowest BCUT2D eigenvalue weighted by Crippen LogP contribution is -2.04. The van der Waals surface area contributed by atoms with Gasteiger partial charge in [0.1, 0.15) is 5.69 Å². The van der Waals surface area contributed by atoms with Crippen LogP contribution < -0.4 is 5.32 Å². The number of hydrogen-bond acceptors (Lipinski definition) is 4. The summed E-state index contributed by atoms with van der Waals surface area (Å²) in [5.41, 5.74) is 0.492. The van der Waals surface area contributed by atoms with Gasteiger partial charge in [-0.15, -0.1) is 0 Å². The van der Waals surface area contributed by atoms with E-state index in [4.69, 9.17) is 0 Å². The van der Waals surface area contributed by atoms with Crippen molar-refractivity contribution in [3.63, 3.8) is 0 Å². The van der Waals surface area contributed by atoms with Crippen LogP contribution in [0.3, 0.4) is 0 Å². The number of halogens is 1. The quantitative estimate of drug-likeness (QED) is 0.666. The number of nitrogens with one attached hydrogen (secondary N) is 1. The Morgan fingerprint density at radius 2 is 2.00 bits per heavy atom. The van der Waals surface area contributed by atoms with Gasteiger partial charge in [0.15, 0.2) is 5.82 Å². The Labute approximate surface area is 102 Å². The minimum Gasteiger partial charge on any atom is -0.373 e. The number of nitro groups is 1. The molecular formula is C12H10FN3O2. The molecule has 5 nitrogen and oxygen atoms in total. The van der Waals surface area contributed by atoms with Crippen LogP contribution in [0.5, 0.6) is 0 Å². The number of rotatable bonds is 4. The maximum atomic E-state index is 13.5. The van der Waals surface area contributed by atoms with Crippen LogP contribution >= 0.6 is 0 Å². The third-order valence-corrected chi connectivity index (χ3v) is 2.41. The second kappa shape index (κ2) is 5.22. The van der Waals surface area contributed by atoms with Gasteiger partial charge in [-0.25, -0.2) is 4.39 Å². The van der Waals surface area contributed by atoms with Crippen LogP contribution in [0.15, 0.2) is 42.7 Å². The third-order valence-electron chi connectivity index (χ3n) is 2.41. The molecule has 0 bridgehead atoms. The number of para-hydroxylation sites is 1. The highest BCUT2D eigenvalue weighted by Crippen LogP contribution is 2.27. The molecule has 0 aliphatic heterocycles. The number of anilines is 1. The van der Waals surface area contributed by atoms with Gasteiger partial charge in [0, 0.05) is 25.0 Å². The summed E-state index contributed by atoms with van der Waals surface area (Å²) in [6.07, 6.45) is 3.21. The summed E-state index contributed by atoms with van der Waals surface area (Å²) in [5, 5.41) is 13.5. The summed E-state index contributed by atoms with van der Waals surface area (Å²) in [6.45, 7) is 0.296. The maximum Gasteiger partial charge on any atom is 0.295 e. The lowest BCUT2D eigenvalue weighted by atomic mass is 10.2. The first kappa shape index (κ1) is 12.0. The molecule has 0 fully saturated rings. The number of pyridine rings is 1. The molecule has 6 heteroatoms. The summed E-state index contributed by atoms with van der Waals surface area (Å²) in [7, 11) is 0. The molecule has 92 valence electrons. The van der Waals surface area contributed by atoms with Crippen molar-refractivity contribution in [3.8, 4) is 0 Å². The van der Waals surface area contributed by atoms with Gasteiger partial charge in [-0.3, -0.25) is 15.1 Å². The molecule has 0 radical (unpaired) electrons. The van der Waals surface area contributed by atoms with Crippen molar-refractivity contribution < 1.29 is 9.31 Å². The standard InChI is InChI=1S/C12H10FN3O2/c13-10-2-1-3-11(16(17)18)12(10)15-8-9-4-6-14-7-5-9/h1-7,15H,8H2. The Balaban J connectivity index is 2.21. The van der Waals surface area contributed by atoms with Crippen LogP contribution in [-0.2, 0) is 6.54 Å². The molecule has 0 saturated heterocycles. The molecule has 0 atom stereocenters. The molecule has 18 heavy (non-hydrogen) atoms. The lowest BCUT2D eigenvalue weighted by molar-refractivity contribution is -0.384. The average molecular weight is 247 g/mol. The van der Waals surface area contributed by atoms with Crippen LogP contribution in [0.4, 0.5) is 15.8 Å². The first-order valence-corrected chi connectivity index (χ1v) is 5.24. The first-order valence-electron chi connectivity index (χ1n) is 5.24. The summed E-state index contributed by atoms with van der Waals surface area (Å²) >= 11 is 0. The van der Waals surface area contributed by atoms with E-state index >= 15 is 0 Å². The average Bonchev–Trinajstić information content (AvgIpc) is 2.38. The fourth-order valence-electron chi connectivity index (χ4n) is 1.53. The molecule has 0 saturated carbocycles. The Hall–Kier alpha value is -2.50. The van der Waals surface area contributed by atoms with Gasteiger partial charge < -0.3 is 5.32 Å². The van der Waals surface area contributed by atoms with Gasteiger partial charge in [-0.05, 0) is 23.8 Å². The highest BCUT2D eigenvalue weighted by Gasteiger charge is 2.16. The van der Waals surface area contributed by atoms with E-state index in [0.717, 1.165) is 5.56 Å². The van der Waals surface area contributed by atoms with Crippen molar-refractivity contribution >= 4 is 11.4 Å². The molecule has 1 aromatic carbocycles. The van der Waals surface area contributed by atoms with Gasteiger partial charge in [0.05, 0.1) is 4.92 Å². The molecule has 2 rings (SSSR count). The van der Waals surface area contributed by atoms with Crippen molar-refractivity contribution in [3.05, 3.63) is 64.2 Å². The van der Waals surface area contributed by atoms with E-state index in [-0.39, 0.29) is 11.4 Å². The molecular weight excluding hydrogens is 237 g/mol. The lowest BCUT2D eigenvalue weighted by Gasteiger charge is -2.07. The van der Waals surface area contributed by atoms with E-state index in [1.54, 1.807) is 24.5 Å². The number of nitro benzene ring substituents is 1. The van der Waals surface area contributed by atoms with Crippen molar-refractivity contribution in [1.82, 2.24) is 4.98 Å². The predicted octanol–water partition coefficient (Wildman–Crippen LogP) is 2.74.